The third-order valence-corrected chi connectivity index (χ3v) is 6.47. The number of aliphatic hydroxyl groups is 2. The third-order valence-electron chi connectivity index (χ3n) is 6.47. The fourth-order valence-corrected chi connectivity index (χ4v) is 5.22. The number of amides is 3. The highest BCUT2D eigenvalue weighted by atomic mass is 16.3. The van der Waals surface area contributed by atoms with E-state index in [4.69, 9.17) is 5.73 Å². The highest BCUT2D eigenvalue weighted by Gasteiger charge is 2.71. The molecule has 3 saturated heterocycles. The van der Waals surface area contributed by atoms with Crippen LogP contribution in [0.15, 0.2) is 0 Å². The fourth-order valence-electron chi connectivity index (χ4n) is 5.22. The van der Waals surface area contributed by atoms with Crippen LogP contribution in [-0.2, 0) is 19.2 Å². The number of likely N-dealkylation sites (tertiary alicyclic amines) is 3. The average Bonchev–Trinajstić information content (AvgIpc) is 2.89. The van der Waals surface area contributed by atoms with Gasteiger partial charge in [0.1, 0.15) is 17.6 Å². The van der Waals surface area contributed by atoms with E-state index in [1.807, 2.05) is 4.90 Å². The SMILES string of the molecule is CC(=O)[C@H]([C@@H](C)O)N1CC2(CC3(CN([C@H](C(N)=O)[C@@H](C)O)C3=O)CN2C)C1=O. The first kappa shape index (κ1) is 20.7. The van der Waals surface area contributed by atoms with Gasteiger partial charge in [0.25, 0.3) is 0 Å². The van der Waals surface area contributed by atoms with Crippen molar-refractivity contribution in [1.29, 1.82) is 0 Å². The fraction of sp³-hybridized carbons (Fsp3) is 0.778. The summed E-state index contributed by atoms with van der Waals surface area (Å²) in [6.07, 6.45) is -1.80. The Kier molecular flexibility index (Phi) is 4.80. The zero-order valence-electron chi connectivity index (χ0n) is 16.6. The molecule has 3 aliphatic heterocycles. The van der Waals surface area contributed by atoms with Gasteiger partial charge in [0, 0.05) is 19.6 Å². The van der Waals surface area contributed by atoms with E-state index in [-0.39, 0.29) is 37.1 Å². The van der Waals surface area contributed by atoms with E-state index in [9.17, 15) is 29.4 Å². The van der Waals surface area contributed by atoms with Crippen LogP contribution in [0.4, 0.5) is 0 Å². The molecule has 3 fully saturated rings. The number of nitrogens with zero attached hydrogens (tertiary/aromatic N) is 3. The standard InChI is InChI=1S/C18H28N4O6/c1-9(23)12(10(2)24)22-8-18(16(22)28)5-17(6-20(18)4)7-21(15(17)27)13(11(3)25)14(19)26/h9,11-13,23,25H,5-8H2,1-4H3,(H2,19,26)/t9-,11-,12+,13+,17?,18?/m1/s1. The van der Waals surface area contributed by atoms with Crippen LogP contribution >= 0.6 is 0 Å². The normalized spacial score (nSPS) is 34.2. The molecular formula is C18H28N4O6. The highest BCUT2D eigenvalue weighted by molar-refractivity contribution is 6.01. The van der Waals surface area contributed by atoms with Crippen LogP contribution in [-0.4, -0.2) is 105 Å². The first-order valence-electron chi connectivity index (χ1n) is 9.37. The topological polar surface area (TPSA) is 144 Å². The minimum absolute atomic E-state index is 0.232. The quantitative estimate of drug-likeness (QED) is 0.415. The summed E-state index contributed by atoms with van der Waals surface area (Å²) in [5.41, 5.74) is 3.62. The number of nitrogens with two attached hydrogens (primary N) is 1. The van der Waals surface area contributed by atoms with Gasteiger partial charge in [-0.25, -0.2) is 0 Å². The summed E-state index contributed by atoms with van der Waals surface area (Å²) < 4.78 is 0. The molecule has 6 atom stereocenters. The second-order valence-corrected chi connectivity index (χ2v) is 8.59. The van der Waals surface area contributed by atoms with Crippen molar-refractivity contribution in [2.75, 3.05) is 26.7 Å². The van der Waals surface area contributed by atoms with Crippen LogP contribution in [0, 0.1) is 5.41 Å². The number of hydrogen-bond donors (Lipinski definition) is 3. The van der Waals surface area contributed by atoms with E-state index >= 15 is 0 Å². The lowest BCUT2D eigenvalue weighted by Gasteiger charge is -2.54. The van der Waals surface area contributed by atoms with Crippen molar-refractivity contribution in [1.82, 2.24) is 14.7 Å². The van der Waals surface area contributed by atoms with Gasteiger partial charge < -0.3 is 25.7 Å². The lowest BCUT2D eigenvalue weighted by Crippen LogP contribution is -2.75. The maximum atomic E-state index is 13.0. The summed E-state index contributed by atoms with van der Waals surface area (Å²) in [4.78, 5) is 53.8. The molecule has 2 spiro atoms. The number of ketones is 1. The predicted molar refractivity (Wildman–Crippen MR) is 96.7 cm³/mol. The summed E-state index contributed by atoms with van der Waals surface area (Å²) >= 11 is 0. The number of primary amides is 1. The molecule has 0 aromatic carbocycles. The lowest BCUT2D eigenvalue weighted by atomic mass is 9.70. The lowest BCUT2D eigenvalue weighted by molar-refractivity contribution is -0.174. The number of rotatable bonds is 6. The summed E-state index contributed by atoms with van der Waals surface area (Å²) in [5, 5.41) is 19.7. The third kappa shape index (κ3) is 2.66. The molecule has 3 aliphatic rings. The van der Waals surface area contributed by atoms with E-state index in [1.54, 1.807) is 7.05 Å². The molecule has 3 rings (SSSR count). The van der Waals surface area contributed by atoms with Crippen molar-refractivity contribution in [3.05, 3.63) is 0 Å². The summed E-state index contributed by atoms with van der Waals surface area (Å²) in [7, 11) is 1.76. The zero-order chi connectivity index (χ0) is 21.2. The van der Waals surface area contributed by atoms with Gasteiger partial charge >= 0.3 is 0 Å². The Bertz CT molecular complexity index is 740. The van der Waals surface area contributed by atoms with Crippen molar-refractivity contribution >= 4 is 23.5 Å². The Hall–Kier alpha value is -2.04. The van der Waals surface area contributed by atoms with Gasteiger partial charge in [-0.1, -0.05) is 0 Å². The van der Waals surface area contributed by atoms with Crippen molar-refractivity contribution in [3.8, 4) is 0 Å². The molecule has 156 valence electrons. The Balaban J connectivity index is 1.76. The number of likely N-dealkylation sites (N-methyl/N-ethyl adjacent to an activating group) is 1. The van der Waals surface area contributed by atoms with E-state index in [0.29, 0.717) is 6.54 Å². The van der Waals surface area contributed by atoms with Gasteiger partial charge in [-0.3, -0.25) is 24.1 Å². The monoisotopic (exact) mass is 396 g/mol. The number of hydrogen-bond acceptors (Lipinski definition) is 7. The number of aliphatic hydroxyl groups excluding tert-OH is 2. The van der Waals surface area contributed by atoms with Crippen molar-refractivity contribution in [3.63, 3.8) is 0 Å². The average molecular weight is 396 g/mol. The zero-order valence-corrected chi connectivity index (χ0v) is 16.6. The Morgan fingerprint density at radius 2 is 1.54 bits per heavy atom. The molecule has 0 radical (unpaired) electrons. The number of carbonyl (C=O) groups excluding carboxylic acids is 4. The number of Topliss-reactive ketones (excluding diaryl/α,β-unsaturated/α-hetero) is 1. The van der Waals surface area contributed by atoms with Crippen LogP contribution in [0.3, 0.4) is 0 Å². The molecule has 3 heterocycles. The van der Waals surface area contributed by atoms with Crippen LogP contribution in [0.1, 0.15) is 27.2 Å². The Morgan fingerprint density at radius 3 is 1.93 bits per heavy atom. The summed E-state index contributed by atoms with van der Waals surface area (Å²) in [6, 6.07) is -1.99. The van der Waals surface area contributed by atoms with E-state index in [2.05, 4.69) is 0 Å². The molecule has 0 aromatic heterocycles. The van der Waals surface area contributed by atoms with Crippen LogP contribution in [0.2, 0.25) is 0 Å². The van der Waals surface area contributed by atoms with Crippen LogP contribution < -0.4 is 5.73 Å². The van der Waals surface area contributed by atoms with Gasteiger partial charge in [0.15, 0.2) is 5.78 Å². The van der Waals surface area contributed by atoms with E-state index < -0.39 is 41.2 Å². The second kappa shape index (κ2) is 6.50. The highest BCUT2D eigenvalue weighted by Crippen LogP contribution is 2.52. The molecule has 0 aromatic rings. The Labute approximate surface area is 163 Å². The second-order valence-electron chi connectivity index (χ2n) is 8.59. The molecular weight excluding hydrogens is 368 g/mol. The molecule has 10 heteroatoms. The van der Waals surface area contributed by atoms with Crippen molar-refractivity contribution in [2.24, 2.45) is 11.1 Å². The minimum Gasteiger partial charge on any atom is -0.391 e. The predicted octanol–water partition coefficient (Wildman–Crippen LogP) is -2.70. The molecule has 28 heavy (non-hydrogen) atoms. The summed E-state index contributed by atoms with van der Waals surface area (Å²) in [6.45, 7) is 5.03. The molecule has 4 N–H and O–H groups in total. The smallest absolute Gasteiger partial charge is 0.245 e. The Morgan fingerprint density at radius 1 is 1.00 bits per heavy atom. The molecule has 0 saturated carbocycles. The van der Waals surface area contributed by atoms with Gasteiger partial charge in [-0.05, 0) is 34.2 Å². The number of carbonyl (C=O) groups is 4. The maximum Gasteiger partial charge on any atom is 0.245 e. The van der Waals surface area contributed by atoms with Crippen LogP contribution in [0.5, 0.6) is 0 Å². The van der Waals surface area contributed by atoms with Gasteiger partial charge in [0.2, 0.25) is 17.7 Å². The largest absolute Gasteiger partial charge is 0.391 e. The maximum absolute atomic E-state index is 13.0. The molecule has 0 bridgehead atoms. The molecule has 2 unspecified atom stereocenters. The molecule has 3 amide bonds. The van der Waals surface area contributed by atoms with Gasteiger partial charge in [0.05, 0.1) is 17.6 Å². The van der Waals surface area contributed by atoms with E-state index in [0.717, 1.165) is 0 Å². The minimum atomic E-state index is -1.09. The molecule has 0 aliphatic carbocycles. The van der Waals surface area contributed by atoms with Gasteiger partial charge in [-0.15, -0.1) is 0 Å². The molecule has 10 nitrogen and oxygen atoms in total. The summed E-state index contributed by atoms with van der Waals surface area (Å²) in [5.74, 6) is -1.64. The van der Waals surface area contributed by atoms with E-state index in [1.165, 1.54) is 30.6 Å². The van der Waals surface area contributed by atoms with Crippen molar-refractivity contribution < 1.29 is 29.4 Å². The van der Waals surface area contributed by atoms with Crippen molar-refractivity contribution in [2.45, 2.75) is 57.0 Å². The first-order chi connectivity index (χ1) is 12.9. The van der Waals surface area contributed by atoms with Crippen LogP contribution in [0.25, 0.3) is 0 Å². The van der Waals surface area contributed by atoms with Gasteiger partial charge in [-0.2, -0.15) is 0 Å². The number of β-lactam (4-membered cyclic amide) rings is 2. The first-order valence-corrected chi connectivity index (χ1v) is 9.37.